The lowest BCUT2D eigenvalue weighted by atomic mass is 10.1. The fourth-order valence-corrected chi connectivity index (χ4v) is 1.53. The summed E-state index contributed by atoms with van der Waals surface area (Å²) in [6, 6.07) is 0.247. The lowest BCUT2D eigenvalue weighted by Gasteiger charge is -2.21. The van der Waals surface area contributed by atoms with Crippen molar-refractivity contribution in [1.82, 2.24) is 10.6 Å². The van der Waals surface area contributed by atoms with Crippen molar-refractivity contribution < 1.29 is 9.53 Å². The average molecular weight is 228 g/mol. The van der Waals surface area contributed by atoms with Crippen molar-refractivity contribution >= 4 is 5.91 Å². The predicted octanol–water partition coefficient (Wildman–Crippen LogP) is 0.773. The first-order valence-corrected chi connectivity index (χ1v) is 6.12. The van der Waals surface area contributed by atoms with Crippen LogP contribution in [0.1, 0.15) is 26.7 Å². The van der Waals surface area contributed by atoms with Crippen molar-refractivity contribution in [1.29, 1.82) is 0 Å². The zero-order valence-electron chi connectivity index (χ0n) is 10.6. The smallest absolute Gasteiger partial charge is 0.233 e. The molecule has 1 unspecified atom stereocenters. The molecule has 0 bridgehead atoms. The summed E-state index contributed by atoms with van der Waals surface area (Å²) in [6.07, 6.45) is 2.54. The van der Waals surface area contributed by atoms with Crippen LogP contribution in [0, 0.1) is 11.8 Å². The van der Waals surface area contributed by atoms with Crippen LogP contribution in [-0.4, -0.2) is 38.8 Å². The van der Waals surface area contributed by atoms with Crippen LogP contribution in [0.2, 0.25) is 0 Å². The summed E-state index contributed by atoms with van der Waals surface area (Å²) in [5.41, 5.74) is 0. The van der Waals surface area contributed by atoms with Crippen LogP contribution in [-0.2, 0) is 9.53 Å². The van der Waals surface area contributed by atoms with Gasteiger partial charge in [-0.3, -0.25) is 4.79 Å². The highest BCUT2D eigenvalue weighted by atomic mass is 16.5. The number of rotatable bonds is 8. The first-order chi connectivity index (χ1) is 7.63. The Hall–Kier alpha value is -0.610. The van der Waals surface area contributed by atoms with Gasteiger partial charge in [0.05, 0.1) is 13.2 Å². The Morgan fingerprint density at radius 2 is 2.12 bits per heavy atom. The fraction of sp³-hybridized carbons (Fsp3) is 0.917. The van der Waals surface area contributed by atoms with E-state index in [1.165, 1.54) is 12.8 Å². The Morgan fingerprint density at radius 1 is 1.44 bits per heavy atom. The van der Waals surface area contributed by atoms with Gasteiger partial charge in [-0.05, 0) is 24.7 Å². The number of ether oxygens (including phenoxy) is 1. The summed E-state index contributed by atoms with van der Waals surface area (Å²) in [7, 11) is 1.68. The molecule has 1 aliphatic carbocycles. The van der Waals surface area contributed by atoms with Gasteiger partial charge in [-0.2, -0.15) is 0 Å². The van der Waals surface area contributed by atoms with Gasteiger partial charge in [-0.1, -0.05) is 13.8 Å². The molecule has 0 aliphatic heterocycles. The van der Waals surface area contributed by atoms with Gasteiger partial charge in [0.1, 0.15) is 0 Å². The number of amides is 1. The number of carbonyl (C=O) groups is 1. The molecule has 0 aromatic heterocycles. The Bertz CT molecular complexity index is 215. The fourth-order valence-electron chi connectivity index (χ4n) is 1.53. The van der Waals surface area contributed by atoms with Gasteiger partial charge >= 0.3 is 0 Å². The van der Waals surface area contributed by atoms with Crippen molar-refractivity contribution in [3.8, 4) is 0 Å². The molecule has 1 atom stereocenters. The molecule has 0 aromatic rings. The maximum atomic E-state index is 11.5. The highest BCUT2D eigenvalue weighted by molar-refractivity contribution is 5.78. The van der Waals surface area contributed by atoms with Gasteiger partial charge in [0.15, 0.2) is 0 Å². The number of carbonyl (C=O) groups excluding carboxylic acids is 1. The quantitative estimate of drug-likeness (QED) is 0.645. The monoisotopic (exact) mass is 228 g/mol. The highest BCUT2D eigenvalue weighted by Crippen LogP contribution is 2.27. The van der Waals surface area contributed by atoms with E-state index in [0.717, 1.165) is 12.5 Å². The first-order valence-electron chi connectivity index (χ1n) is 6.12. The van der Waals surface area contributed by atoms with Gasteiger partial charge in [-0.15, -0.1) is 0 Å². The van der Waals surface area contributed by atoms with Crippen LogP contribution in [0.15, 0.2) is 0 Å². The summed E-state index contributed by atoms with van der Waals surface area (Å²) in [5.74, 6) is 1.30. The largest absolute Gasteiger partial charge is 0.383 e. The lowest BCUT2D eigenvalue weighted by molar-refractivity contribution is -0.120. The van der Waals surface area contributed by atoms with E-state index in [1.54, 1.807) is 7.11 Å². The van der Waals surface area contributed by atoms with Crippen LogP contribution >= 0.6 is 0 Å². The minimum absolute atomic E-state index is 0.0913. The molecule has 1 rings (SSSR count). The molecule has 1 fully saturated rings. The molecular formula is C12H24N2O2. The van der Waals surface area contributed by atoms with Crippen molar-refractivity contribution in [3.63, 3.8) is 0 Å². The van der Waals surface area contributed by atoms with E-state index in [2.05, 4.69) is 24.5 Å². The van der Waals surface area contributed by atoms with E-state index in [9.17, 15) is 4.79 Å². The topological polar surface area (TPSA) is 50.4 Å². The minimum atomic E-state index is 0.0913. The second-order valence-corrected chi connectivity index (χ2v) is 4.93. The van der Waals surface area contributed by atoms with Gasteiger partial charge in [0, 0.05) is 19.7 Å². The number of methoxy groups -OCH3 is 1. The average Bonchev–Trinajstić information content (AvgIpc) is 3.04. The lowest BCUT2D eigenvalue weighted by Crippen LogP contribution is -2.44. The molecule has 4 heteroatoms. The summed E-state index contributed by atoms with van der Waals surface area (Å²) < 4.78 is 5.11. The van der Waals surface area contributed by atoms with Crippen molar-refractivity contribution in [3.05, 3.63) is 0 Å². The van der Waals surface area contributed by atoms with Gasteiger partial charge in [0.25, 0.3) is 0 Å². The second-order valence-electron chi connectivity index (χ2n) is 4.93. The van der Waals surface area contributed by atoms with Crippen LogP contribution in [0.4, 0.5) is 0 Å². The molecule has 1 aliphatic rings. The maximum Gasteiger partial charge on any atom is 0.233 e. The summed E-state index contributed by atoms with van der Waals surface area (Å²) in [6.45, 7) is 6.13. The zero-order chi connectivity index (χ0) is 12.0. The molecular weight excluding hydrogens is 204 g/mol. The third-order valence-corrected chi connectivity index (χ3v) is 2.96. The van der Waals surface area contributed by atoms with E-state index >= 15 is 0 Å². The van der Waals surface area contributed by atoms with Crippen LogP contribution in [0.25, 0.3) is 0 Å². The molecule has 4 nitrogen and oxygen atoms in total. The molecule has 1 saturated carbocycles. The third-order valence-electron chi connectivity index (χ3n) is 2.96. The number of hydrogen-bond donors (Lipinski definition) is 2. The Labute approximate surface area is 98.1 Å². The Morgan fingerprint density at radius 3 is 2.62 bits per heavy atom. The Kier molecular flexibility index (Phi) is 5.77. The van der Waals surface area contributed by atoms with E-state index in [4.69, 9.17) is 4.74 Å². The summed E-state index contributed by atoms with van der Waals surface area (Å²) in [5, 5.41) is 6.17. The van der Waals surface area contributed by atoms with Gasteiger partial charge in [0.2, 0.25) is 5.91 Å². The molecule has 1 amide bonds. The van der Waals surface area contributed by atoms with Crippen LogP contribution < -0.4 is 10.6 Å². The summed E-state index contributed by atoms with van der Waals surface area (Å²) in [4.78, 5) is 11.5. The molecule has 0 spiro atoms. The van der Waals surface area contributed by atoms with E-state index in [-0.39, 0.29) is 11.9 Å². The minimum Gasteiger partial charge on any atom is -0.383 e. The number of hydrogen-bond acceptors (Lipinski definition) is 3. The van der Waals surface area contributed by atoms with Crippen LogP contribution in [0.3, 0.4) is 0 Å². The van der Waals surface area contributed by atoms with Gasteiger partial charge < -0.3 is 15.4 Å². The highest BCUT2D eigenvalue weighted by Gasteiger charge is 2.21. The van der Waals surface area contributed by atoms with E-state index in [1.807, 2.05) is 0 Å². The van der Waals surface area contributed by atoms with E-state index < -0.39 is 0 Å². The summed E-state index contributed by atoms with van der Waals surface area (Å²) >= 11 is 0. The Balaban J connectivity index is 2.11. The molecule has 0 radical (unpaired) electrons. The molecule has 0 aromatic carbocycles. The van der Waals surface area contributed by atoms with Crippen LogP contribution in [0.5, 0.6) is 0 Å². The molecule has 2 N–H and O–H groups in total. The third kappa shape index (κ3) is 5.47. The maximum absolute atomic E-state index is 11.5. The molecule has 16 heavy (non-hydrogen) atoms. The predicted molar refractivity (Wildman–Crippen MR) is 64.2 cm³/mol. The molecule has 0 saturated heterocycles. The van der Waals surface area contributed by atoms with Crippen molar-refractivity contribution in [2.24, 2.45) is 11.8 Å². The molecule has 94 valence electrons. The zero-order valence-corrected chi connectivity index (χ0v) is 10.6. The van der Waals surface area contributed by atoms with Crippen molar-refractivity contribution in [2.45, 2.75) is 32.7 Å². The first kappa shape index (κ1) is 13.5. The van der Waals surface area contributed by atoms with E-state index in [0.29, 0.717) is 19.1 Å². The standard InChI is InChI=1S/C12H24N2O2/c1-9(2)11(8-16-3)13-7-12(15)14-6-10-4-5-10/h9-11,13H,4-8H2,1-3H3,(H,14,15). The normalized spacial score (nSPS) is 17.5. The number of nitrogens with one attached hydrogen (secondary N) is 2. The second kappa shape index (κ2) is 6.86. The van der Waals surface area contributed by atoms with Crippen molar-refractivity contribution in [2.75, 3.05) is 26.8 Å². The molecule has 0 heterocycles. The SMILES string of the molecule is COCC(NCC(=O)NCC1CC1)C(C)C. The van der Waals surface area contributed by atoms with Gasteiger partial charge in [-0.25, -0.2) is 0 Å².